The lowest BCUT2D eigenvalue weighted by atomic mass is 10.0. The van der Waals surface area contributed by atoms with Crippen LogP contribution in [0.5, 0.6) is 0 Å². The lowest BCUT2D eigenvalue weighted by Crippen LogP contribution is -2.18. The largest absolute Gasteiger partial charge is 0.366 e. The van der Waals surface area contributed by atoms with Crippen LogP contribution in [-0.4, -0.2) is 18.0 Å². The molecule has 0 atom stereocenters. The Morgan fingerprint density at radius 3 is 3.08 bits per heavy atom. The standard InChI is InChI=1S/C8H7N3O/c9-8(12)5-1-2-6-7(3-5)11-4-10-6/h1-2,4H,3H2,(H2,9,12). The number of hydrogen-bond acceptors (Lipinski definition) is 3. The number of amides is 1. The minimum atomic E-state index is -0.389. The Morgan fingerprint density at radius 1 is 1.50 bits per heavy atom. The molecule has 1 aliphatic heterocycles. The lowest BCUT2D eigenvalue weighted by molar-refractivity contribution is -0.114. The van der Waals surface area contributed by atoms with Gasteiger partial charge in [0.2, 0.25) is 5.91 Å². The highest BCUT2D eigenvalue weighted by Gasteiger charge is 2.18. The van der Waals surface area contributed by atoms with Crippen molar-refractivity contribution in [3.63, 3.8) is 0 Å². The third-order valence-corrected chi connectivity index (χ3v) is 1.82. The number of hydrogen-bond donors (Lipinski definition) is 1. The van der Waals surface area contributed by atoms with E-state index in [1.165, 1.54) is 6.34 Å². The normalized spacial score (nSPS) is 19.5. The molecule has 4 nitrogen and oxygen atoms in total. The third-order valence-electron chi connectivity index (χ3n) is 1.82. The fourth-order valence-corrected chi connectivity index (χ4v) is 1.16. The van der Waals surface area contributed by atoms with Crippen molar-refractivity contribution in [2.24, 2.45) is 15.7 Å². The Kier molecular flexibility index (Phi) is 1.40. The van der Waals surface area contributed by atoms with Crippen LogP contribution in [0.1, 0.15) is 6.42 Å². The SMILES string of the molecule is NC(=O)C1=CC=C2N=CN=C2C1. The number of nitrogens with two attached hydrogens (primary N) is 1. The first-order chi connectivity index (χ1) is 5.77. The van der Waals surface area contributed by atoms with Gasteiger partial charge in [0.1, 0.15) is 6.34 Å². The molecule has 0 spiro atoms. The second-order valence-corrected chi connectivity index (χ2v) is 2.61. The zero-order chi connectivity index (χ0) is 8.55. The van der Waals surface area contributed by atoms with Crippen LogP contribution in [0, 0.1) is 0 Å². The maximum atomic E-state index is 10.8. The third kappa shape index (κ3) is 0.972. The van der Waals surface area contributed by atoms with E-state index in [4.69, 9.17) is 5.73 Å². The van der Waals surface area contributed by atoms with E-state index in [1.54, 1.807) is 12.2 Å². The Labute approximate surface area is 69.2 Å². The first kappa shape index (κ1) is 6.97. The number of carbonyl (C=O) groups is 1. The van der Waals surface area contributed by atoms with E-state index in [0.29, 0.717) is 12.0 Å². The van der Waals surface area contributed by atoms with Crippen molar-refractivity contribution in [3.05, 3.63) is 23.4 Å². The molecule has 2 rings (SSSR count). The number of aliphatic imine (C=N–C) groups is 2. The summed E-state index contributed by atoms with van der Waals surface area (Å²) in [7, 11) is 0. The van der Waals surface area contributed by atoms with Crippen molar-refractivity contribution in [1.82, 2.24) is 0 Å². The fourth-order valence-electron chi connectivity index (χ4n) is 1.16. The van der Waals surface area contributed by atoms with E-state index in [9.17, 15) is 4.79 Å². The summed E-state index contributed by atoms with van der Waals surface area (Å²) in [5, 5.41) is 0. The molecule has 0 aromatic rings. The van der Waals surface area contributed by atoms with Gasteiger partial charge in [0, 0.05) is 12.0 Å². The van der Waals surface area contributed by atoms with Gasteiger partial charge in [-0.2, -0.15) is 0 Å². The summed E-state index contributed by atoms with van der Waals surface area (Å²) in [4.78, 5) is 18.8. The average Bonchev–Trinajstić information content (AvgIpc) is 2.49. The molecule has 0 aromatic heterocycles. The first-order valence-corrected chi connectivity index (χ1v) is 3.57. The van der Waals surface area contributed by atoms with E-state index < -0.39 is 0 Å². The Hall–Kier alpha value is -1.71. The molecular formula is C8H7N3O. The van der Waals surface area contributed by atoms with Gasteiger partial charge in [-0.05, 0) is 6.08 Å². The molecule has 0 unspecified atom stereocenters. The molecule has 0 bridgehead atoms. The first-order valence-electron chi connectivity index (χ1n) is 3.57. The van der Waals surface area contributed by atoms with Gasteiger partial charge in [0.05, 0.1) is 11.4 Å². The summed E-state index contributed by atoms with van der Waals surface area (Å²) < 4.78 is 0. The minimum absolute atomic E-state index is 0.389. The van der Waals surface area contributed by atoms with Crippen LogP contribution in [0.15, 0.2) is 33.4 Å². The second-order valence-electron chi connectivity index (χ2n) is 2.61. The quantitative estimate of drug-likeness (QED) is 0.585. The van der Waals surface area contributed by atoms with Crippen LogP contribution in [0.4, 0.5) is 0 Å². The van der Waals surface area contributed by atoms with E-state index >= 15 is 0 Å². The van der Waals surface area contributed by atoms with Crippen molar-refractivity contribution in [2.45, 2.75) is 6.42 Å². The Bertz CT molecular complexity index is 360. The van der Waals surface area contributed by atoms with Crippen molar-refractivity contribution in [3.8, 4) is 0 Å². The maximum Gasteiger partial charge on any atom is 0.245 e. The summed E-state index contributed by atoms with van der Waals surface area (Å²) >= 11 is 0. The average molecular weight is 161 g/mol. The summed E-state index contributed by atoms with van der Waals surface area (Å²) in [5.74, 6) is -0.389. The number of carbonyl (C=O) groups excluding carboxylic acids is 1. The second kappa shape index (κ2) is 2.41. The van der Waals surface area contributed by atoms with Crippen molar-refractivity contribution in [1.29, 1.82) is 0 Å². The van der Waals surface area contributed by atoms with Crippen molar-refractivity contribution < 1.29 is 4.79 Å². The van der Waals surface area contributed by atoms with Gasteiger partial charge in [0.25, 0.3) is 0 Å². The highest BCUT2D eigenvalue weighted by Crippen LogP contribution is 2.19. The monoisotopic (exact) mass is 161 g/mol. The van der Waals surface area contributed by atoms with E-state index in [0.717, 1.165) is 11.4 Å². The van der Waals surface area contributed by atoms with Crippen LogP contribution in [0.25, 0.3) is 0 Å². The molecule has 0 saturated carbocycles. The van der Waals surface area contributed by atoms with E-state index in [-0.39, 0.29) is 5.91 Å². The highest BCUT2D eigenvalue weighted by molar-refractivity contribution is 6.13. The maximum absolute atomic E-state index is 10.8. The van der Waals surface area contributed by atoms with Gasteiger partial charge in [-0.1, -0.05) is 6.08 Å². The van der Waals surface area contributed by atoms with Gasteiger partial charge in [-0.3, -0.25) is 4.79 Å². The smallest absolute Gasteiger partial charge is 0.245 e. The van der Waals surface area contributed by atoms with Gasteiger partial charge in [-0.15, -0.1) is 0 Å². The summed E-state index contributed by atoms with van der Waals surface area (Å²) in [6.45, 7) is 0. The molecule has 0 saturated heterocycles. The predicted molar refractivity (Wildman–Crippen MR) is 45.9 cm³/mol. The molecule has 12 heavy (non-hydrogen) atoms. The van der Waals surface area contributed by atoms with Gasteiger partial charge < -0.3 is 5.73 Å². The van der Waals surface area contributed by atoms with E-state index in [1.807, 2.05) is 0 Å². The fraction of sp³-hybridized carbons (Fsp3) is 0.125. The molecule has 4 heteroatoms. The van der Waals surface area contributed by atoms with Crippen LogP contribution < -0.4 is 5.73 Å². The van der Waals surface area contributed by atoms with Gasteiger partial charge >= 0.3 is 0 Å². The molecule has 2 N–H and O–H groups in total. The van der Waals surface area contributed by atoms with Crippen LogP contribution in [-0.2, 0) is 4.79 Å². The number of primary amides is 1. The molecule has 0 fully saturated rings. The highest BCUT2D eigenvalue weighted by atomic mass is 16.1. The zero-order valence-electron chi connectivity index (χ0n) is 6.32. The van der Waals surface area contributed by atoms with E-state index in [2.05, 4.69) is 9.98 Å². The Balaban J connectivity index is 2.33. The van der Waals surface area contributed by atoms with Crippen LogP contribution in [0.3, 0.4) is 0 Å². The van der Waals surface area contributed by atoms with Crippen LogP contribution in [0.2, 0.25) is 0 Å². The zero-order valence-corrected chi connectivity index (χ0v) is 6.32. The molecule has 1 amide bonds. The van der Waals surface area contributed by atoms with Gasteiger partial charge in [0.15, 0.2) is 0 Å². The summed E-state index contributed by atoms with van der Waals surface area (Å²) in [6.07, 6.45) is 5.44. The lowest BCUT2D eigenvalue weighted by Gasteiger charge is -2.07. The van der Waals surface area contributed by atoms with Crippen molar-refractivity contribution >= 4 is 18.0 Å². The van der Waals surface area contributed by atoms with Crippen LogP contribution >= 0.6 is 0 Å². The molecule has 1 aliphatic carbocycles. The Morgan fingerprint density at radius 2 is 2.33 bits per heavy atom. The number of fused-ring (bicyclic) bond motifs is 1. The summed E-state index contributed by atoms with van der Waals surface area (Å²) in [5.41, 5.74) is 7.36. The predicted octanol–water partition coefficient (Wildman–Crippen LogP) is 0.169. The number of nitrogens with zero attached hydrogens (tertiary/aromatic N) is 2. The van der Waals surface area contributed by atoms with Crippen molar-refractivity contribution in [2.75, 3.05) is 0 Å². The molecule has 1 heterocycles. The molecule has 0 aromatic carbocycles. The summed E-state index contributed by atoms with van der Waals surface area (Å²) in [6, 6.07) is 0. The minimum Gasteiger partial charge on any atom is -0.366 e. The van der Waals surface area contributed by atoms with Gasteiger partial charge in [-0.25, -0.2) is 9.98 Å². The molecular weight excluding hydrogens is 154 g/mol. The topological polar surface area (TPSA) is 67.8 Å². The number of allylic oxidation sites excluding steroid dienone is 3. The molecule has 2 aliphatic rings. The number of rotatable bonds is 1. The molecule has 60 valence electrons. The molecule has 0 radical (unpaired) electrons.